The predicted molar refractivity (Wildman–Crippen MR) is 287 cm³/mol. The highest BCUT2D eigenvalue weighted by Crippen LogP contribution is 2.47. The molecule has 3 nitrogen and oxygen atoms in total. The van der Waals surface area contributed by atoms with Crippen LogP contribution in [-0.2, 0) is 0 Å². The summed E-state index contributed by atoms with van der Waals surface area (Å²) in [7, 11) is 0. The molecule has 1 aromatic heterocycles. The first-order valence-corrected chi connectivity index (χ1v) is 23.4. The maximum atomic E-state index is 17.1. The Hall–Kier alpha value is -9.12. The molecule has 1 heterocycles. The van der Waals surface area contributed by atoms with Crippen molar-refractivity contribution in [2.24, 2.45) is 0 Å². The van der Waals surface area contributed by atoms with Gasteiger partial charge in [-0.1, -0.05) is 194 Å². The highest BCUT2D eigenvalue weighted by atomic mass is 19.1. The third-order valence-electron chi connectivity index (χ3n) is 13.6. The smallest absolute Gasteiger partial charge is 0.148 e. The number of nitrogens with zero attached hydrogens (tertiary/aromatic N) is 3. The summed E-state index contributed by atoms with van der Waals surface area (Å²) in [6.07, 6.45) is 0. The fraction of sp³-hybridized carbons (Fsp3) is 0. The second kappa shape index (κ2) is 16.6. The maximum absolute atomic E-state index is 17.1. The lowest BCUT2D eigenvalue weighted by atomic mass is 9.87. The Labute approximate surface area is 399 Å². The van der Waals surface area contributed by atoms with Gasteiger partial charge in [0.05, 0.1) is 16.7 Å². The summed E-state index contributed by atoms with van der Waals surface area (Å²) in [6, 6.07) is 88.3. The summed E-state index contributed by atoms with van der Waals surface area (Å²) in [4.78, 5) is 7.12. The van der Waals surface area contributed by atoms with Gasteiger partial charge >= 0.3 is 0 Å². The minimum absolute atomic E-state index is 0.297. The van der Waals surface area contributed by atoms with E-state index in [1.807, 2.05) is 95.9 Å². The molecule has 0 saturated carbocycles. The van der Waals surface area contributed by atoms with Crippen LogP contribution < -0.4 is 4.90 Å². The number of hydrogen-bond acceptors (Lipinski definition) is 2. The number of imidazole rings is 1. The molecule has 0 fully saturated rings. The summed E-state index contributed by atoms with van der Waals surface area (Å²) in [5.41, 5.74) is 14.5. The predicted octanol–water partition coefficient (Wildman–Crippen LogP) is 17.9. The zero-order valence-electron chi connectivity index (χ0n) is 37.5. The van der Waals surface area contributed by atoms with E-state index in [4.69, 9.17) is 4.98 Å². The number of rotatable bonds is 9. The second-order valence-electron chi connectivity index (χ2n) is 17.6. The van der Waals surface area contributed by atoms with Crippen molar-refractivity contribution in [3.63, 3.8) is 0 Å². The van der Waals surface area contributed by atoms with Gasteiger partial charge < -0.3 is 4.90 Å². The number of halogens is 1. The van der Waals surface area contributed by atoms with Crippen molar-refractivity contribution < 1.29 is 4.39 Å². The molecule has 0 spiro atoms. The molecule has 12 aromatic carbocycles. The Morgan fingerprint density at radius 3 is 1.45 bits per heavy atom. The molecule has 0 amide bonds. The molecule has 0 N–H and O–H groups in total. The fourth-order valence-corrected chi connectivity index (χ4v) is 10.4. The zero-order chi connectivity index (χ0) is 45.8. The normalized spacial score (nSPS) is 11.6. The third kappa shape index (κ3) is 6.92. The summed E-state index contributed by atoms with van der Waals surface area (Å²) in [5, 5.41) is 7.34. The highest BCUT2D eigenvalue weighted by Gasteiger charge is 2.24. The van der Waals surface area contributed by atoms with Gasteiger partial charge in [0.1, 0.15) is 11.6 Å². The van der Waals surface area contributed by atoms with Crippen molar-refractivity contribution in [2.45, 2.75) is 0 Å². The monoisotopic (exact) mass is 883 g/mol. The number of fused-ring (bicyclic) bond motifs is 1. The van der Waals surface area contributed by atoms with Gasteiger partial charge in [0.15, 0.2) is 0 Å². The van der Waals surface area contributed by atoms with Crippen molar-refractivity contribution in [3.8, 4) is 61.6 Å². The van der Waals surface area contributed by atoms with E-state index in [0.717, 1.165) is 78.4 Å². The molecule has 324 valence electrons. The molecule has 69 heavy (non-hydrogen) atoms. The van der Waals surface area contributed by atoms with E-state index < -0.39 is 0 Å². The third-order valence-corrected chi connectivity index (χ3v) is 13.6. The lowest BCUT2D eigenvalue weighted by Crippen LogP contribution is -2.13. The average molecular weight is 884 g/mol. The van der Waals surface area contributed by atoms with Crippen LogP contribution >= 0.6 is 0 Å². The van der Waals surface area contributed by atoms with Crippen LogP contribution in [0.1, 0.15) is 0 Å². The minimum atomic E-state index is -0.297. The number of para-hydroxylation sites is 3. The average Bonchev–Trinajstić information content (AvgIpc) is 3.82. The van der Waals surface area contributed by atoms with E-state index in [1.54, 1.807) is 6.07 Å². The van der Waals surface area contributed by atoms with Crippen molar-refractivity contribution in [3.05, 3.63) is 261 Å². The molecular weight excluding hydrogens is 842 g/mol. The van der Waals surface area contributed by atoms with Gasteiger partial charge in [-0.3, -0.25) is 4.57 Å². The quantitative estimate of drug-likeness (QED) is 0.135. The van der Waals surface area contributed by atoms with Crippen LogP contribution in [0.15, 0.2) is 255 Å². The molecular formula is C65H42FN3. The number of hydrogen-bond donors (Lipinski definition) is 0. The maximum Gasteiger partial charge on any atom is 0.148 e. The lowest BCUT2D eigenvalue weighted by molar-refractivity contribution is 0.630. The Kier molecular flexibility index (Phi) is 9.69. The van der Waals surface area contributed by atoms with Crippen molar-refractivity contribution in [2.75, 3.05) is 4.90 Å². The summed E-state index contributed by atoms with van der Waals surface area (Å²) in [5.74, 6) is 0.625. The summed E-state index contributed by atoms with van der Waals surface area (Å²) >= 11 is 0. The van der Waals surface area contributed by atoms with Gasteiger partial charge in [0.2, 0.25) is 0 Å². The minimum Gasteiger partial charge on any atom is -0.307 e. The molecule has 0 bridgehead atoms. The van der Waals surface area contributed by atoms with Gasteiger partial charge in [0, 0.05) is 28.2 Å². The van der Waals surface area contributed by atoms with Gasteiger partial charge in [-0.2, -0.15) is 0 Å². The molecule has 0 aliphatic rings. The van der Waals surface area contributed by atoms with Crippen molar-refractivity contribution >= 4 is 60.4 Å². The molecule has 0 radical (unpaired) electrons. The van der Waals surface area contributed by atoms with Gasteiger partial charge in [-0.15, -0.1) is 0 Å². The molecule has 4 heteroatoms. The largest absolute Gasteiger partial charge is 0.307 e. The molecule has 0 saturated heterocycles. The standard InChI is InChI=1S/C65H42FN3/c66-59-42-50(43-15-5-1-6-16-43)41-58(44-17-7-2-8-18-44)64(59)68(51-21-11-4-12-22-51)52-33-25-45(26-34-52)54-37-29-47-32-40-57-55(38-30-48-31-39-56(54)62(47)63(48)57)46-27-35-53(36-28-46)69-61-24-14-13-23-60(61)67-65(69)49-19-9-3-10-20-49/h1-42H. The molecule has 13 aromatic rings. The fourth-order valence-electron chi connectivity index (χ4n) is 10.4. The Balaban J connectivity index is 0.901. The zero-order valence-corrected chi connectivity index (χ0v) is 37.5. The van der Waals surface area contributed by atoms with Crippen LogP contribution in [-0.4, -0.2) is 9.55 Å². The number of aromatic nitrogens is 2. The first-order chi connectivity index (χ1) is 34.1. The topological polar surface area (TPSA) is 21.1 Å². The molecule has 0 aliphatic carbocycles. The lowest BCUT2D eigenvalue weighted by Gasteiger charge is -2.29. The van der Waals surface area contributed by atoms with E-state index in [1.165, 1.54) is 37.9 Å². The van der Waals surface area contributed by atoms with Crippen LogP contribution in [0.5, 0.6) is 0 Å². The van der Waals surface area contributed by atoms with Crippen LogP contribution in [0.25, 0.3) is 105 Å². The van der Waals surface area contributed by atoms with Gasteiger partial charge in [0.25, 0.3) is 0 Å². The molecule has 0 atom stereocenters. The molecule has 0 unspecified atom stereocenters. The van der Waals surface area contributed by atoms with Crippen LogP contribution in [0.4, 0.5) is 21.5 Å². The molecule has 0 aliphatic heterocycles. The Morgan fingerprint density at radius 2 is 0.841 bits per heavy atom. The van der Waals surface area contributed by atoms with E-state index in [0.29, 0.717) is 5.69 Å². The Bertz CT molecular complexity index is 3980. The summed E-state index contributed by atoms with van der Waals surface area (Å²) in [6.45, 7) is 0. The second-order valence-corrected chi connectivity index (χ2v) is 17.6. The van der Waals surface area contributed by atoms with Gasteiger partial charge in [-0.25, -0.2) is 9.37 Å². The van der Waals surface area contributed by atoms with Gasteiger partial charge in [-0.05, 0) is 132 Å². The van der Waals surface area contributed by atoms with Crippen molar-refractivity contribution in [1.29, 1.82) is 0 Å². The Morgan fingerprint density at radius 1 is 0.362 bits per heavy atom. The highest BCUT2D eigenvalue weighted by molar-refractivity contribution is 6.27. The molecule has 13 rings (SSSR count). The summed E-state index contributed by atoms with van der Waals surface area (Å²) < 4.78 is 19.4. The SMILES string of the molecule is Fc1cc(-c2ccccc2)cc(-c2ccccc2)c1N(c1ccccc1)c1ccc(-c2ccc3ccc4c(-c5ccc(-n6c(-c7ccccc7)nc7ccccc76)cc5)ccc5ccc2c3c54)cc1. The first-order valence-electron chi connectivity index (χ1n) is 23.4. The van der Waals surface area contributed by atoms with Crippen LogP contribution in [0, 0.1) is 5.82 Å². The first kappa shape index (κ1) is 40.2. The van der Waals surface area contributed by atoms with E-state index in [9.17, 15) is 0 Å². The van der Waals surface area contributed by atoms with Crippen LogP contribution in [0.3, 0.4) is 0 Å². The van der Waals surface area contributed by atoms with Crippen molar-refractivity contribution in [1.82, 2.24) is 9.55 Å². The number of benzene rings is 12. The van der Waals surface area contributed by atoms with E-state index in [2.05, 4.69) is 162 Å². The van der Waals surface area contributed by atoms with E-state index in [-0.39, 0.29) is 5.82 Å². The number of anilines is 3. The van der Waals surface area contributed by atoms with Crippen LogP contribution in [0.2, 0.25) is 0 Å². The van der Waals surface area contributed by atoms with E-state index >= 15 is 4.39 Å².